The second-order valence-corrected chi connectivity index (χ2v) is 3.68. The average Bonchev–Trinajstić information content (AvgIpc) is 2.50. The summed E-state index contributed by atoms with van der Waals surface area (Å²) in [4.78, 5) is 4.03. The molecule has 0 saturated carbocycles. The zero-order valence-corrected chi connectivity index (χ0v) is 8.59. The first-order valence-electron chi connectivity index (χ1n) is 3.94. The maximum Gasteiger partial charge on any atom is 0.387 e. The lowest BCUT2D eigenvalue weighted by Crippen LogP contribution is -2.02. The fraction of sp³-hybridized carbons (Fsp3) is 0.222. The highest BCUT2D eigenvalue weighted by atomic mass is 79.9. The van der Waals surface area contributed by atoms with Gasteiger partial charge < -0.3 is 4.74 Å². The summed E-state index contributed by atoms with van der Waals surface area (Å²) in [6.45, 7) is -2.27. The summed E-state index contributed by atoms with van der Waals surface area (Å²) < 4.78 is 28.9. The Kier molecular flexibility index (Phi) is 2.50. The van der Waals surface area contributed by atoms with Gasteiger partial charge in [-0.3, -0.25) is 4.99 Å². The van der Waals surface area contributed by atoms with Crippen LogP contribution in [0.3, 0.4) is 0 Å². The number of hydrogen-bond donors (Lipinski definition) is 0. The van der Waals surface area contributed by atoms with Gasteiger partial charge in [0.25, 0.3) is 0 Å². The second kappa shape index (κ2) is 3.65. The maximum absolute atomic E-state index is 11.9. The Bertz CT molecular complexity index is 393. The molecule has 0 aliphatic carbocycles. The number of hydrogen-bond acceptors (Lipinski definition) is 2. The van der Waals surface area contributed by atoms with Crippen LogP contribution in [0.2, 0.25) is 0 Å². The van der Waals surface area contributed by atoms with Crippen LogP contribution in [0.1, 0.15) is 11.1 Å². The van der Waals surface area contributed by atoms with E-state index in [-0.39, 0.29) is 5.75 Å². The first-order chi connectivity index (χ1) is 6.66. The summed E-state index contributed by atoms with van der Waals surface area (Å²) in [5.41, 5.74) is 1.83. The molecule has 2 rings (SSSR count). The molecular weight excluding hydrogens is 256 g/mol. The second-order valence-electron chi connectivity index (χ2n) is 2.83. The van der Waals surface area contributed by atoms with Crippen LogP contribution in [0, 0.1) is 0 Å². The highest BCUT2D eigenvalue weighted by Crippen LogP contribution is 2.29. The monoisotopic (exact) mass is 261 g/mol. The molecule has 0 aromatic heterocycles. The minimum Gasteiger partial charge on any atom is -0.435 e. The molecule has 0 fully saturated rings. The molecule has 0 radical (unpaired) electrons. The Morgan fingerprint density at radius 1 is 1.43 bits per heavy atom. The fourth-order valence-electron chi connectivity index (χ4n) is 1.33. The fourth-order valence-corrected chi connectivity index (χ4v) is 1.91. The third-order valence-electron chi connectivity index (χ3n) is 1.90. The number of nitrogens with zero attached hydrogens (tertiary/aromatic N) is 1. The molecule has 1 aliphatic heterocycles. The summed E-state index contributed by atoms with van der Waals surface area (Å²) >= 11 is 3.27. The van der Waals surface area contributed by atoms with Gasteiger partial charge in [-0.05, 0) is 33.6 Å². The van der Waals surface area contributed by atoms with E-state index in [1.807, 2.05) is 0 Å². The zero-order valence-electron chi connectivity index (χ0n) is 7.01. The van der Waals surface area contributed by atoms with Crippen molar-refractivity contribution in [3.8, 4) is 5.75 Å². The molecule has 1 aliphatic rings. The highest BCUT2D eigenvalue weighted by Gasteiger charge is 2.13. The highest BCUT2D eigenvalue weighted by molar-refractivity contribution is 9.10. The molecule has 1 heterocycles. The molecule has 0 spiro atoms. The normalized spacial score (nSPS) is 13.4. The molecule has 1 aromatic rings. The van der Waals surface area contributed by atoms with Crippen LogP contribution in [-0.4, -0.2) is 12.8 Å². The summed E-state index contributed by atoms with van der Waals surface area (Å²) in [6.07, 6.45) is 1.71. The summed E-state index contributed by atoms with van der Waals surface area (Å²) in [5, 5.41) is 0. The molecule has 0 atom stereocenters. The van der Waals surface area contributed by atoms with Crippen LogP contribution in [0.25, 0.3) is 0 Å². The molecule has 1 aromatic carbocycles. The van der Waals surface area contributed by atoms with Crippen molar-refractivity contribution in [3.63, 3.8) is 0 Å². The number of fused-ring (bicyclic) bond motifs is 1. The molecule has 0 saturated heterocycles. The van der Waals surface area contributed by atoms with Crippen LogP contribution < -0.4 is 4.74 Å². The summed E-state index contributed by atoms with van der Waals surface area (Å²) in [7, 11) is 0. The van der Waals surface area contributed by atoms with E-state index in [9.17, 15) is 8.78 Å². The predicted molar refractivity (Wildman–Crippen MR) is 52.1 cm³/mol. The van der Waals surface area contributed by atoms with E-state index in [1.54, 1.807) is 12.3 Å². The van der Waals surface area contributed by atoms with E-state index in [0.29, 0.717) is 6.54 Å². The maximum atomic E-state index is 11.9. The van der Waals surface area contributed by atoms with Gasteiger partial charge in [0.2, 0.25) is 0 Å². The quantitative estimate of drug-likeness (QED) is 0.802. The Hall–Kier alpha value is -0.970. The SMILES string of the molecule is FC(F)Oc1cc(Br)c2c(c1)CN=C2. The smallest absolute Gasteiger partial charge is 0.387 e. The first kappa shape index (κ1) is 9.58. The number of halogens is 3. The van der Waals surface area contributed by atoms with Crippen molar-refractivity contribution in [1.29, 1.82) is 0 Å². The van der Waals surface area contributed by atoms with Gasteiger partial charge in [-0.15, -0.1) is 0 Å². The Morgan fingerprint density at radius 2 is 2.21 bits per heavy atom. The molecule has 2 nitrogen and oxygen atoms in total. The summed E-state index contributed by atoms with van der Waals surface area (Å²) in [6, 6.07) is 3.10. The largest absolute Gasteiger partial charge is 0.435 e. The van der Waals surface area contributed by atoms with Crippen molar-refractivity contribution in [2.45, 2.75) is 13.2 Å². The third-order valence-corrected chi connectivity index (χ3v) is 2.55. The standard InChI is InChI=1S/C9H6BrF2NO/c10-8-2-6(14-9(11)12)1-5-3-13-4-7(5)8/h1-2,4,9H,3H2. The van der Waals surface area contributed by atoms with E-state index in [1.165, 1.54) is 6.07 Å². The molecule has 74 valence electrons. The molecular formula is C9H6BrF2NO. The van der Waals surface area contributed by atoms with Crippen molar-refractivity contribution in [3.05, 3.63) is 27.7 Å². The molecule has 5 heteroatoms. The van der Waals surface area contributed by atoms with Crippen LogP contribution in [0.15, 0.2) is 21.6 Å². The van der Waals surface area contributed by atoms with E-state index in [4.69, 9.17) is 0 Å². The van der Waals surface area contributed by atoms with Gasteiger partial charge >= 0.3 is 6.61 Å². The molecule has 0 unspecified atom stereocenters. The van der Waals surface area contributed by atoms with Crippen molar-refractivity contribution in [1.82, 2.24) is 0 Å². The first-order valence-corrected chi connectivity index (χ1v) is 4.73. The Morgan fingerprint density at radius 3 is 2.93 bits per heavy atom. The van der Waals surface area contributed by atoms with E-state index < -0.39 is 6.61 Å². The number of ether oxygens (including phenoxy) is 1. The minimum absolute atomic E-state index is 0.163. The molecule has 0 bridgehead atoms. The lowest BCUT2D eigenvalue weighted by atomic mass is 10.1. The Balaban J connectivity index is 2.35. The van der Waals surface area contributed by atoms with Gasteiger partial charge in [-0.1, -0.05) is 0 Å². The Labute approximate surface area is 87.7 Å². The number of alkyl halides is 2. The lowest BCUT2D eigenvalue weighted by molar-refractivity contribution is -0.0499. The van der Waals surface area contributed by atoms with Gasteiger partial charge in [-0.25, -0.2) is 0 Å². The van der Waals surface area contributed by atoms with Crippen molar-refractivity contribution < 1.29 is 13.5 Å². The molecule has 14 heavy (non-hydrogen) atoms. The van der Waals surface area contributed by atoms with Gasteiger partial charge in [0.05, 0.1) is 6.54 Å². The van der Waals surface area contributed by atoms with E-state index in [0.717, 1.165) is 15.6 Å². The van der Waals surface area contributed by atoms with Crippen LogP contribution >= 0.6 is 15.9 Å². The van der Waals surface area contributed by atoms with Gasteiger partial charge in [-0.2, -0.15) is 8.78 Å². The van der Waals surface area contributed by atoms with Gasteiger partial charge in [0, 0.05) is 16.3 Å². The van der Waals surface area contributed by atoms with Crippen LogP contribution in [-0.2, 0) is 6.54 Å². The van der Waals surface area contributed by atoms with Crippen LogP contribution in [0.4, 0.5) is 8.78 Å². The molecule has 0 N–H and O–H groups in total. The predicted octanol–water partition coefficient (Wildman–Crippen LogP) is 2.98. The lowest BCUT2D eigenvalue weighted by Gasteiger charge is -2.07. The molecule has 0 amide bonds. The average molecular weight is 262 g/mol. The minimum atomic E-state index is -2.79. The van der Waals surface area contributed by atoms with Crippen molar-refractivity contribution >= 4 is 22.1 Å². The number of benzene rings is 1. The topological polar surface area (TPSA) is 21.6 Å². The third kappa shape index (κ3) is 1.77. The number of rotatable bonds is 2. The van der Waals surface area contributed by atoms with Gasteiger partial charge in [0.15, 0.2) is 0 Å². The zero-order chi connectivity index (χ0) is 10.1. The summed E-state index contributed by atoms with van der Waals surface area (Å²) in [5.74, 6) is 0.163. The van der Waals surface area contributed by atoms with Crippen molar-refractivity contribution in [2.75, 3.05) is 0 Å². The van der Waals surface area contributed by atoms with Crippen LogP contribution in [0.5, 0.6) is 5.75 Å². The van der Waals surface area contributed by atoms with Gasteiger partial charge in [0.1, 0.15) is 5.75 Å². The van der Waals surface area contributed by atoms with E-state index in [2.05, 4.69) is 25.7 Å². The van der Waals surface area contributed by atoms with E-state index >= 15 is 0 Å². The number of aliphatic imine (C=N–C) groups is 1. The van der Waals surface area contributed by atoms with Crippen molar-refractivity contribution in [2.24, 2.45) is 4.99 Å².